The lowest BCUT2D eigenvalue weighted by molar-refractivity contribution is 0.554. The van der Waals surface area contributed by atoms with E-state index in [9.17, 15) is 9.59 Å². The molecule has 0 atom stereocenters. The molecule has 138 valence electrons. The Morgan fingerprint density at radius 3 is 2.70 bits per heavy atom. The molecule has 27 heavy (non-hydrogen) atoms. The molecule has 0 bridgehead atoms. The molecule has 4 aromatic rings. The van der Waals surface area contributed by atoms with E-state index in [1.54, 1.807) is 6.07 Å². The molecule has 0 aliphatic rings. The van der Waals surface area contributed by atoms with Crippen molar-refractivity contribution in [2.75, 3.05) is 0 Å². The molecule has 0 fully saturated rings. The number of rotatable bonds is 4. The summed E-state index contributed by atoms with van der Waals surface area (Å²) in [6.07, 6.45) is 0. The molecule has 0 N–H and O–H groups in total. The van der Waals surface area contributed by atoms with Crippen LogP contribution in [-0.2, 0) is 6.54 Å². The van der Waals surface area contributed by atoms with E-state index in [4.69, 9.17) is 4.42 Å². The molecule has 0 saturated heterocycles. The number of thiophene rings is 1. The number of aryl methyl sites for hydroxylation is 1. The number of benzene rings is 1. The van der Waals surface area contributed by atoms with Gasteiger partial charge in [0.05, 0.1) is 6.54 Å². The van der Waals surface area contributed by atoms with Crippen LogP contribution in [0.5, 0.6) is 0 Å². The van der Waals surface area contributed by atoms with Crippen LogP contribution in [0.1, 0.15) is 36.5 Å². The first kappa shape index (κ1) is 17.4. The maximum Gasteiger partial charge on any atom is 0.369 e. The molecule has 3 heterocycles. The second kappa shape index (κ2) is 6.62. The molecule has 3 aromatic heterocycles. The molecule has 7 nitrogen and oxygen atoms in total. The highest BCUT2D eigenvalue weighted by Crippen LogP contribution is 2.27. The van der Waals surface area contributed by atoms with E-state index < -0.39 is 5.63 Å². The average molecular weight is 382 g/mol. The molecule has 0 saturated carbocycles. The first-order valence-corrected chi connectivity index (χ1v) is 9.46. The quantitative estimate of drug-likeness (QED) is 0.507. The highest BCUT2D eigenvalue weighted by molar-refractivity contribution is 7.12. The van der Waals surface area contributed by atoms with Gasteiger partial charge in [0.1, 0.15) is 10.6 Å². The highest BCUT2D eigenvalue weighted by Gasteiger charge is 2.15. The summed E-state index contributed by atoms with van der Waals surface area (Å²) in [4.78, 5) is 24.6. The second-order valence-electron chi connectivity index (χ2n) is 6.73. The van der Waals surface area contributed by atoms with Crippen LogP contribution < -0.4 is 11.3 Å². The van der Waals surface area contributed by atoms with Crippen LogP contribution in [-0.4, -0.2) is 19.8 Å². The van der Waals surface area contributed by atoms with Crippen LogP contribution in [0.4, 0.5) is 0 Å². The summed E-state index contributed by atoms with van der Waals surface area (Å²) in [7, 11) is 0. The molecule has 0 amide bonds. The van der Waals surface area contributed by atoms with Crippen molar-refractivity contribution in [3.8, 4) is 5.00 Å². The van der Waals surface area contributed by atoms with Crippen molar-refractivity contribution in [2.45, 2.75) is 33.2 Å². The predicted molar refractivity (Wildman–Crippen MR) is 104 cm³/mol. The zero-order chi connectivity index (χ0) is 19.1. The Labute approximate surface area is 158 Å². The molecule has 0 aliphatic heterocycles. The van der Waals surface area contributed by atoms with Crippen LogP contribution in [0, 0.1) is 6.92 Å². The Bertz CT molecular complexity index is 1230. The molecule has 0 aliphatic carbocycles. The minimum atomic E-state index is -0.451. The fourth-order valence-electron chi connectivity index (χ4n) is 3.21. The number of hydrogen-bond donors (Lipinski definition) is 0. The molecular weight excluding hydrogens is 364 g/mol. The number of nitrogens with zero attached hydrogens (tertiary/aromatic N) is 4. The molecule has 0 spiro atoms. The van der Waals surface area contributed by atoms with E-state index in [1.165, 1.54) is 32.3 Å². The van der Waals surface area contributed by atoms with Gasteiger partial charge in [-0.1, -0.05) is 13.8 Å². The van der Waals surface area contributed by atoms with Crippen LogP contribution >= 0.6 is 11.3 Å². The van der Waals surface area contributed by atoms with Gasteiger partial charge in [-0.2, -0.15) is 9.36 Å². The number of hydrogen-bond acceptors (Lipinski definition) is 6. The maximum absolute atomic E-state index is 12.6. The topological polar surface area (TPSA) is 82.9 Å². The zero-order valence-electron chi connectivity index (χ0n) is 15.2. The van der Waals surface area contributed by atoms with Crippen molar-refractivity contribution in [1.82, 2.24) is 19.8 Å². The molecular formula is C19H18N4O3S. The largest absolute Gasteiger partial charge is 0.423 e. The van der Waals surface area contributed by atoms with Gasteiger partial charge in [0.25, 0.3) is 0 Å². The lowest BCUT2D eigenvalue weighted by atomic mass is 9.95. The molecule has 0 radical (unpaired) electrons. The molecule has 8 heteroatoms. The van der Waals surface area contributed by atoms with Crippen LogP contribution in [0.25, 0.3) is 16.0 Å². The number of fused-ring (bicyclic) bond motifs is 1. The fourth-order valence-corrected chi connectivity index (χ4v) is 3.88. The number of aromatic nitrogens is 4. The minimum absolute atomic E-state index is 0.146. The Kier molecular flexibility index (Phi) is 4.27. The highest BCUT2D eigenvalue weighted by atomic mass is 32.1. The lowest BCUT2D eigenvalue weighted by Crippen LogP contribution is -2.24. The summed E-state index contributed by atoms with van der Waals surface area (Å²) >= 11 is 1.40. The van der Waals surface area contributed by atoms with Crippen molar-refractivity contribution >= 4 is 22.3 Å². The SMILES string of the molecule is Cc1cc2oc(=O)cc(Cn3nnn(-c4cccs4)c3=O)c2cc1C(C)C. The van der Waals surface area contributed by atoms with E-state index in [-0.39, 0.29) is 12.2 Å². The van der Waals surface area contributed by atoms with Crippen molar-refractivity contribution in [2.24, 2.45) is 0 Å². The van der Waals surface area contributed by atoms with E-state index in [0.717, 1.165) is 10.9 Å². The van der Waals surface area contributed by atoms with Crippen LogP contribution in [0.2, 0.25) is 0 Å². The van der Waals surface area contributed by atoms with Crippen molar-refractivity contribution in [3.63, 3.8) is 0 Å². The maximum atomic E-state index is 12.6. The third-order valence-corrected chi connectivity index (χ3v) is 5.36. The van der Waals surface area contributed by atoms with Gasteiger partial charge in [0.15, 0.2) is 0 Å². The first-order chi connectivity index (χ1) is 12.9. The van der Waals surface area contributed by atoms with E-state index in [1.807, 2.05) is 30.5 Å². The van der Waals surface area contributed by atoms with Crippen LogP contribution in [0.3, 0.4) is 0 Å². The second-order valence-corrected chi connectivity index (χ2v) is 7.66. The summed E-state index contributed by atoms with van der Waals surface area (Å²) in [5.74, 6) is 0.330. The van der Waals surface area contributed by atoms with E-state index in [0.29, 0.717) is 22.1 Å². The summed E-state index contributed by atoms with van der Waals surface area (Å²) in [6, 6.07) is 8.97. The Hall–Kier alpha value is -3.00. The van der Waals surface area contributed by atoms with Gasteiger partial charge in [-0.15, -0.1) is 11.3 Å². The summed E-state index contributed by atoms with van der Waals surface area (Å²) in [5, 5.41) is 11.3. The van der Waals surface area contributed by atoms with Crippen molar-refractivity contribution in [1.29, 1.82) is 0 Å². The molecule has 1 aromatic carbocycles. The van der Waals surface area contributed by atoms with Crippen molar-refractivity contribution < 1.29 is 4.42 Å². The van der Waals surface area contributed by atoms with E-state index in [2.05, 4.69) is 24.3 Å². The van der Waals surface area contributed by atoms with Gasteiger partial charge < -0.3 is 4.42 Å². The Balaban J connectivity index is 1.84. The third kappa shape index (κ3) is 3.12. The Morgan fingerprint density at radius 2 is 2.00 bits per heavy atom. The van der Waals surface area contributed by atoms with Gasteiger partial charge in [0.2, 0.25) is 0 Å². The monoisotopic (exact) mass is 382 g/mol. The molecule has 0 unspecified atom stereocenters. The first-order valence-electron chi connectivity index (χ1n) is 8.58. The normalized spacial score (nSPS) is 11.6. The smallest absolute Gasteiger partial charge is 0.369 e. The van der Waals surface area contributed by atoms with Gasteiger partial charge in [-0.25, -0.2) is 9.59 Å². The average Bonchev–Trinajstić information content (AvgIpc) is 3.24. The standard InChI is InChI=1S/C19H18N4O3S/c1-11(2)14-9-15-13(8-18(24)26-16(15)7-12(14)3)10-22-19(25)23(21-20-22)17-5-4-6-27-17/h4-9,11H,10H2,1-3H3. The third-order valence-electron chi connectivity index (χ3n) is 4.51. The summed E-state index contributed by atoms with van der Waals surface area (Å²) in [5.41, 5.74) is 2.63. The minimum Gasteiger partial charge on any atom is -0.423 e. The lowest BCUT2D eigenvalue weighted by Gasteiger charge is -2.12. The molecule has 4 rings (SSSR count). The Morgan fingerprint density at radius 1 is 1.19 bits per heavy atom. The zero-order valence-corrected chi connectivity index (χ0v) is 16.0. The summed E-state index contributed by atoms with van der Waals surface area (Å²) < 4.78 is 7.87. The number of tetrazole rings is 1. The fraction of sp³-hybridized carbons (Fsp3) is 0.263. The van der Waals surface area contributed by atoms with Gasteiger partial charge in [-0.3, -0.25) is 0 Å². The van der Waals surface area contributed by atoms with Gasteiger partial charge in [-0.05, 0) is 69.6 Å². The van der Waals surface area contributed by atoms with Gasteiger partial charge >= 0.3 is 11.3 Å². The predicted octanol–water partition coefficient (Wildman–Crippen LogP) is 3.08. The van der Waals surface area contributed by atoms with E-state index >= 15 is 0 Å². The summed E-state index contributed by atoms with van der Waals surface area (Å²) in [6.45, 7) is 6.37. The van der Waals surface area contributed by atoms with Crippen LogP contribution in [0.15, 0.2) is 49.7 Å². The van der Waals surface area contributed by atoms with Crippen molar-refractivity contribution in [3.05, 3.63) is 73.3 Å². The van der Waals surface area contributed by atoms with Gasteiger partial charge in [0, 0.05) is 11.5 Å².